The predicted octanol–water partition coefficient (Wildman–Crippen LogP) is 0.421. The van der Waals surface area contributed by atoms with Crippen LogP contribution in [0.15, 0.2) is 17.0 Å². The van der Waals surface area contributed by atoms with Crippen molar-refractivity contribution in [1.29, 1.82) is 0 Å². The van der Waals surface area contributed by atoms with Gasteiger partial charge >= 0.3 is 5.97 Å². The number of benzene rings is 1. The van der Waals surface area contributed by atoms with Crippen LogP contribution >= 0.6 is 0 Å². The molecule has 7 nitrogen and oxygen atoms in total. The zero-order valence-electron chi connectivity index (χ0n) is 12.2. The number of hydrogen-bond donors (Lipinski definition) is 1. The van der Waals surface area contributed by atoms with E-state index in [1.54, 1.807) is 13.8 Å². The number of sulfone groups is 1. The monoisotopic (exact) mass is 347 g/mol. The summed E-state index contributed by atoms with van der Waals surface area (Å²) in [6.45, 7) is 3.02. The Morgan fingerprint density at radius 3 is 2.23 bits per heavy atom. The van der Waals surface area contributed by atoms with Gasteiger partial charge in [0.05, 0.1) is 22.0 Å². The SMILES string of the molecule is Cc1cc(C(=O)O)cc(S(=O)(=O)N2CCS(=O)(=O)CC2)c1C. The van der Waals surface area contributed by atoms with Crippen LogP contribution in [0.2, 0.25) is 0 Å². The van der Waals surface area contributed by atoms with Crippen LogP contribution in [0.1, 0.15) is 21.5 Å². The molecule has 122 valence electrons. The Kier molecular flexibility index (Phi) is 4.33. The van der Waals surface area contributed by atoms with Crippen molar-refractivity contribution in [2.45, 2.75) is 18.7 Å². The number of aromatic carboxylic acids is 1. The molecule has 0 aliphatic carbocycles. The first kappa shape index (κ1) is 16.9. The average Bonchev–Trinajstić information content (AvgIpc) is 2.40. The van der Waals surface area contributed by atoms with Crippen molar-refractivity contribution in [3.63, 3.8) is 0 Å². The number of rotatable bonds is 3. The number of hydrogen-bond acceptors (Lipinski definition) is 5. The predicted molar refractivity (Wildman–Crippen MR) is 80.3 cm³/mol. The molecule has 1 fully saturated rings. The third-order valence-electron chi connectivity index (χ3n) is 3.79. The Balaban J connectivity index is 2.48. The summed E-state index contributed by atoms with van der Waals surface area (Å²) < 4.78 is 49.3. The highest BCUT2D eigenvalue weighted by atomic mass is 32.2. The molecule has 1 aromatic carbocycles. The summed E-state index contributed by atoms with van der Waals surface area (Å²) in [5.41, 5.74) is 0.924. The molecule has 1 saturated heterocycles. The lowest BCUT2D eigenvalue weighted by atomic mass is 10.1. The summed E-state index contributed by atoms with van der Waals surface area (Å²) in [4.78, 5) is 11.0. The van der Waals surface area contributed by atoms with Crippen LogP contribution in [0.25, 0.3) is 0 Å². The lowest BCUT2D eigenvalue weighted by Gasteiger charge is -2.27. The van der Waals surface area contributed by atoms with Gasteiger partial charge in [-0.25, -0.2) is 21.6 Å². The molecule has 9 heteroatoms. The fraction of sp³-hybridized carbons (Fsp3) is 0.462. The van der Waals surface area contributed by atoms with Gasteiger partial charge in [-0.3, -0.25) is 0 Å². The number of sulfonamides is 1. The molecular formula is C13H17NO6S2. The topological polar surface area (TPSA) is 109 Å². The second-order valence-electron chi connectivity index (χ2n) is 5.28. The van der Waals surface area contributed by atoms with Gasteiger partial charge in [-0.15, -0.1) is 0 Å². The molecule has 1 N–H and O–H groups in total. The smallest absolute Gasteiger partial charge is 0.335 e. The number of nitrogens with zero attached hydrogens (tertiary/aromatic N) is 1. The van der Waals surface area contributed by atoms with Crippen LogP contribution in [0.5, 0.6) is 0 Å². The van der Waals surface area contributed by atoms with Crippen molar-refractivity contribution < 1.29 is 26.7 Å². The maximum atomic E-state index is 12.7. The van der Waals surface area contributed by atoms with Crippen LogP contribution in [-0.2, 0) is 19.9 Å². The van der Waals surface area contributed by atoms with Crippen LogP contribution in [0.3, 0.4) is 0 Å². The molecular weight excluding hydrogens is 330 g/mol. The van der Waals surface area contributed by atoms with Crippen molar-refractivity contribution in [3.8, 4) is 0 Å². The average molecular weight is 347 g/mol. The van der Waals surface area contributed by atoms with E-state index in [-0.39, 0.29) is 35.1 Å². The second kappa shape index (κ2) is 5.64. The van der Waals surface area contributed by atoms with E-state index in [2.05, 4.69) is 0 Å². The molecule has 0 aromatic heterocycles. The molecule has 2 rings (SSSR count). The number of carboxylic acid groups (broad SMARTS) is 1. The van der Waals surface area contributed by atoms with E-state index in [9.17, 15) is 21.6 Å². The fourth-order valence-corrected chi connectivity index (χ4v) is 5.49. The summed E-state index contributed by atoms with van der Waals surface area (Å²) in [6.07, 6.45) is 0. The Bertz CT molecular complexity index is 812. The second-order valence-corrected chi connectivity index (χ2v) is 9.49. The maximum Gasteiger partial charge on any atom is 0.335 e. The molecule has 0 unspecified atom stereocenters. The maximum absolute atomic E-state index is 12.7. The van der Waals surface area contributed by atoms with E-state index in [1.165, 1.54) is 6.07 Å². The van der Waals surface area contributed by atoms with Crippen molar-refractivity contribution in [2.75, 3.05) is 24.6 Å². The Hall–Kier alpha value is -1.45. The van der Waals surface area contributed by atoms with Gasteiger partial charge in [-0.05, 0) is 37.1 Å². The molecule has 1 aliphatic heterocycles. The molecule has 0 radical (unpaired) electrons. The van der Waals surface area contributed by atoms with E-state index in [1.807, 2.05) is 0 Å². The first-order chi connectivity index (χ1) is 10.0. The molecule has 1 heterocycles. The van der Waals surface area contributed by atoms with Gasteiger partial charge in [0.25, 0.3) is 0 Å². The standard InChI is InChI=1S/C13H17NO6S2/c1-9-7-11(13(15)16)8-12(10(9)2)22(19,20)14-3-5-21(17,18)6-4-14/h7-8H,3-6H2,1-2H3,(H,15,16). The van der Waals surface area contributed by atoms with Crippen LogP contribution in [0, 0.1) is 13.8 Å². The number of carboxylic acids is 1. The van der Waals surface area contributed by atoms with E-state index >= 15 is 0 Å². The van der Waals surface area contributed by atoms with Gasteiger partial charge in [-0.2, -0.15) is 4.31 Å². The quantitative estimate of drug-likeness (QED) is 0.849. The first-order valence-electron chi connectivity index (χ1n) is 6.60. The van der Waals surface area contributed by atoms with Crippen LogP contribution in [-0.4, -0.2) is 56.8 Å². The Morgan fingerprint density at radius 1 is 1.18 bits per heavy atom. The third kappa shape index (κ3) is 3.16. The molecule has 0 atom stereocenters. The van der Waals surface area contributed by atoms with E-state index in [0.29, 0.717) is 11.1 Å². The highest BCUT2D eigenvalue weighted by molar-refractivity contribution is 7.92. The number of carbonyl (C=O) groups is 1. The minimum Gasteiger partial charge on any atom is -0.478 e. The van der Waals surface area contributed by atoms with E-state index in [0.717, 1.165) is 10.4 Å². The van der Waals surface area contributed by atoms with Gasteiger partial charge < -0.3 is 5.11 Å². The fourth-order valence-electron chi connectivity index (χ4n) is 2.29. The zero-order chi connectivity index (χ0) is 16.7. The van der Waals surface area contributed by atoms with Crippen LogP contribution < -0.4 is 0 Å². The third-order valence-corrected chi connectivity index (χ3v) is 7.42. The summed E-state index contributed by atoms with van der Waals surface area (Å²) in [6, 6.07) is 2.54. The minimum atomic E-state index is -3.92. The van der Waals surface area contributed by atoms with Crippen LogP contribution in [0.4, 0.5) is 0 Å². The van der Waals surface area contributed by atoms with Crippen molar-refractivity contribution in [1.82, 2.24) is 4.31 Å². The van der Waals surface area contributed by atoms with Crippen molar-refractivity contribution in [2.24, 2.45) is 0 Å². The molecule has 0 saturated carbocycles. The molecule has 1 aliphatic rings. The van der Waals surface area contributed by atoms with Gasteiger partial charge in [0.2, 0.25) is 10.0 Å². The molecule has 0 bridgehead atoms. The molecule has 0 spiro atoms. The largest absolute Gasteiger partial charge is 0.478 e. The van der Waals surface area contributed by atoms with Gasteiger partial charge in [-0.1, -0.05) is 0 Å². The van der Waals surface area contributed by atoms with Crippen molar-refractivity contribution >= 4 is 25.8 Å². The minimum absolute atomic E-state index is 0.0794. The highest BCUT2D eigenvalue weighted by Crippen LogP contribution is 2.25. The Labute approximate surface area is 129 Å². The van der Waals surface area contributed by atoms with Gasteiger partial charge in [0.1, 0.15) is 0 Å². The van der Waals surface area contributed by atoms with Gasteiger partial charge in [0, 0.05) is 13.1 Å². The molecule has 22 heavy (non-hydrogen) atoms. The lowest BCUT2D eigenvalue weighted by molar-refractivity contribution is 0.0696. The first-order valence-corrected chi connectivity index (χ1v) is 9.86. The summed E-state index contributed by atoms with van der Waals surface area (Å²) in [7, 11) is -7.11. The summed E-state index contributed by atoms with van der Waals surface area (Å²) in [5.74, 6) is -1.65. The highest BCUT2D eigenvalue weighted by Gasteiger charge is 2.32. The van der Waals surface area contributed by atoms with Crippen molar-refractivity contribution in [3.05, 3.63) is 28.8 Å². The van der Waals surface area contributed by atoms with E-state index in [4.69, 9.17) is 5.11 Å². The molecule has 0 amide bonds. The molecule has 1 aromatic rings. The van der Waals surface area contributed by atoms with E-state index < -0.39 is 25.8 Å². The number of aryl methyl sites for hydroxylation is 1. The zero-order valence-corrected chi connectivity index (χ0v) is 13.9. The van der Waals surface area contributed by atoms with Gasteiger partial charge in [0.15, 0.2) is 9.84 Å². The normalized spacial score (nSPS) is 19.0. The summed E-state index contributed by atoms with van der Waals surface area (Å²) >= 11 is 0. The summed E-state index contributed by atoms with van der Waals surface area (Å²) in [5, 5.41) is 9.08. The Morgan fingerprint density at radius 2 is 1.73 bits per heavy atom. The lowest BCUT2D eigenvalue weighted by Crippen LogP contribution is -2.43.